The molecule has 3 aliphatic carbocycles. The van der Waals surface area contributed by atoms with Gasteiger partial charge < -0.3 is 37.5 Å². The van der Waals surface area contributed by atoms with Crippen molar-refractivity contribution in [2.45, 2.75) is 189 Å². The van der Waals surface area contributed by atoms with Gasteiger partial charge in [-0.25, -0.2) is 33.1 Å². The number of ether oxygens (including phenoxy) is 1. The lowest BCUT2D eigenvalue weighted by atomic mass is 9.74. The van der Waals surface area contributed by atoms with Crippen LogP contribution in [0.1, 0.15) is 188 Å². The van der Waals surface area contributed by atoms with E-state index in [4.69, 9.17) is 60.9 Å². The van der Waals surface area contributed by atoms with Crippen LogP contribution >= 0.6 is 23.2 Å². The van der Waals surface area contributed by atoms with Gasteiger partial charge in [-0.2, -0.15) is 0 Å². The van der Waals surface area contributed by atoms with Crippen LogP contribution in [0.15, 0.2) is 232 Å². The third-order valence-corrected chi connectivity index (χ3v) is 29.4. The van der Waals surface area contributed by atoms with Gasteiger partial charge >= 0.3 is 0 Å². The number of rotatable bonds is 22. The van der Waals surface area contributed by atoms with Gasteiger partial charge in [0, 0.05) is 82.3 Å². The molecule has 27 heteroatoms. The number of amides is 6. The number of methoxy groups -OCH3 is 1. The maximum atomic E-state index is 14.0. The zero-order valence-electron chi connectivity index (χ0n) is 74.8. The van der Waals surface area contributed by atoms with E-state index >= 15 is 0 Å². The van der Waals surface area contributed by atoms with Gasteiger partial charge in [-0.05, 0) is 199 Å². The van der Waals surface area contributed by atoms with E-state index in [1.807, 2.05) is 211 Å². The summed E-state index contributed by atoms with van der Waals surface area (Å²) in [6, 6.07) is 66.8. The molecule has 5 fully saturated rings. The fourth-order valence-electron chi connectivity index (χ4n) is 20.3. The second-order valence-electron chi connectivity index (χ2n) is 36.4. The summed E-state index contributed by atoms with van der Waals surface area (Å²) in [5.74, 6) is 3.55. The van der Waals surface area contributed by atoms with E-state index < -0.39 is 32.2 Å². The standard InChI is InChI=1S/C29H36N4O2.C26H40N4O3S.C24H26Cl2N4O2.C23H21N3O2/c30-28-31-29(24-13-7-3-8-14-24,25-15-9-4-10-16-25)27(35)33(28)21-22-17-19-32(20-18-22)26(34)23-11-5-1-2-6-12-23;1-30-24(31)26(28-25(30)27,16-15-20-9-4-2-5-10-20)18-22-13-8-14-23(17-22)29-34(32,33)19-21-11-6-3-7-12-21;1-15(31)29-8-6-16(7-9-29)14-30-22(32)24(2,28-23(30)27)19-5-3-4-17(10-19)18-11-20(25)13-21(26)12-18;1-26-21(27)23(25-22(26)24,18-10-4-3-5-11-18)19-12-6-8-16(14-19)17-9-7-13-20(15-17)28-2/h3-4,7-10,13-16,22-23H,1-2,5-6,11-12,17-21H2,(H2,30,31);3,6-7,11-12,20,22-23,29H,2,4-5,8-10,13-19H2,1H3,(H2,27,28);3-5,10-13,16H,6-9,14H2,1-2H3,(H2,27,28);3-15H,1-2H3,(H2,24,25)/t;22-,23+,26+;;/m.0../s1. The zero-order chi connectivity index (χ0) is 91.2. The summed E-state index contributed by atoms with van der Waals surface area (Å²) in [5, 5.41) is 1.09. The SMILES string of the molecule is CC(=O)N1CCC(CN2C(=O)C(C)(c3cccc(-c4cc(Cl)cc(Cl)c4)c3)N=C2N)CC1.CN1C(=O)[C@@](CCC2CCCCC2)(C[C@H]2CCC[C@@H](NS(=O)(=O)Cc3ccccc3)C2)N=C1N.COc1cccc(-c2cccc(C3(c4ccccc4)N=C(N)N(C)C3=O)c2)c1.NC1=NC(c2ccccc2)(c2ccccc2)C(=O)N1CC1CCN(C(=O)C2CCCCCC2)CC1. The lowest BCUT2D eigenvalue weighted by Crippen LogP contribution is -2.48. The minimum atomic E-state index is -3.43. The van der Waals surface area contributed by atoms with Crippen LogP contribution in [0, 0.1) is 29.6 Å². The van der Waals surface area contributed by atoms with Gasteiger partial charge in [0.2, 0.25) is 21.8 Å². The van der Waals surface area contributed by atoms with Crippen molar-refractivity contribution in [3.05, 3.63) is 256 Å². The highest BCUT2D eigenvalue weighted by atomic mass is 35.5. The molecule has 8 aromatic carbocycles. The van der Waals surface area contributed by atoms with E-state index in [0.29, 0.717) is 66.3 Å². The Morgan fingerprint density at radius 3 is 1.46 bits per heavy atom. The van der Waals surface area contributed by atoms with Crippen molar-refractivity contribution in [1.29, 1.82) is 0 Å². The van der Waals surface area contributed by atoms with Crippen LogP contribution in [0.5, 0.6) is 5.75 Å². The lowest BCUT2D eigenvalue weighted by molar-refractivity contribution is -0.138. The van der Waals surface area contributed by atoms with Crippen LogP contribution in [0.3, 0.4) is 0 Å². The first kappa shape index (κ1) is 93.9. The number of halogens is 2. The van der Waals surface area contributed by atoms with Crippen LogP contribution in [0.4, 0.5) is 0 Å². The van der Waals surface area contributed by atoms with Gasteiger partial charge in [-0.15, -0.1) is 0 Å². The van der Waals surface area contributed by atoms with Gasteiger partial charge in [0.1, 0.15) is 11.3 Å². The average molecular weight is 1810 g/mol. The van der Waals surface area contributed by atoms with Crippen molar-refractivity contribution in [2.24, 2.45) is 72.5 Å². The Labute approximate surface area is 769 Å². The number of guanidine groups is 4. The molecular weight excluding hydrogens is 1680 g/mol. The van der Waals surface area contributed by atoms with Crippen LogP contribution in [0.25, 0.3) is 22.3 Å². The molecule has 129 heavy (non-hydrogen) atoms. The molecule has 24 nitrogen and oxygen atoms in total. The number of sulfonamides is 1. The van der Waals surface area contributed by atoms with Gasteiger partial charge in [-0.3, -0.25) is 48.4 Å². The molecule has 0 spiro atoms. The van der Waals surface area contributed by atoms with E-state index in [0.717, 1.165) is 152 Å². The number of benzene rings is 8. The lowest BCUT2D eigenvalue weighted by Gasteiger charge is -2.36. The Kier molecular flexibility index (Phi) is 30.3. The average Bonchev–Trinajstić information content (AvgIpc) is 1.59. The number of nitrogens with zero attached hydrogens (tertiary/aromatic N) is 10. The van der Waals surface area contributed by atoms with Gasteiger partial charge in [0.15, 0.2) is 40.5 Å². The van der Waals surface area contributed by atoms with Crippen molar-refractivity contribution in [3.63, 3.8) is 0 Å². The predicted molar refractivity (Wildman–Crippen MR) is 511 cm³/mol. The Balaban J connectivity index is 0.000000139. The van der Waals surface area contributed by atoms with Crippen molar-refractivity contribution in [2.75, 3.05) is 60.5 Å². The number of likely N-dealkylation sites (tertiary alicyclic amines) is 2. The number of nitrogens with two attached hydrogens (primary N) is 4. The molecule has 9 N–H and O–H groups in total. The zero-order valence-corrected chi connectivity index (χ0v) is 77.1. The third-order valence-electron chi connectivity index (χ3n) is 27.6. The fourth-order valence-corrected chi connectivity index (χ4v) is 22.3. The Bertz CT molecular complexity index is 5490. The molecule has 0 bridgehead atoms. The minimum Gasteiger partial charge on any atom is -0.497 e. The number of nitrogens with one attached hydrogen (secondary N) is 1. The van der Waals surface area contributed by atoms with Crippen LogP contribution < -0.4 is 32.4 Å². The molecule has 5 atom stereocenters. The second-order valence-corrected chi connectivity index (χ2v) is 39.0. The van der Waals surface area contributed by atoms with E-state index in [-0.39, 0.29) is 77.0 Å². The molecule has 0 aromatic heterocycles. The van der Waals surface area contributed by atoms with Crippen LogP contribution in [-0.2, 0) is 61.2 Å². The van der Waals surface area contributed by atoms with Crippen molar-refractivity contribution >= 4 is 92.5 Å². The van der Waals surface area contributed by atoms with Crippen LogP contribution in [0.2, 0.25) is 10.0 Å². The highest BCUT2D eigenvalue weighted by Crippen LogP contribution is 2.46. The summed E-state index contributed by atoms with van der Waals surface area (Å²) in [6.45, 7) is 7.39. The maximum absolute atomic E-state index is 14.0. The molecule has 2 saturated heterocycles. The molecule has 0 radical (unpaired) electrons. The summed E-state index contributed by atoms with van der Waals surface area (Å²) in [7, 11) is 1.58. The summed E-state index contributed by atoms with van der Waals surface area (Å²) in [4.78, 5) is 108. The first-order chi connectivity index (χ1) is 62.1. The molecule has 6 aliphatic heterocycles. The number of carbonyl (C=O) groups excluding carboxylic acids is 6. The van der Waals surface area contributed by atoms with Gasteiger partial charge in [0.05, 0.1) is 12.9 Å². The number of aliphatic imine (C=N–C) groups is 4. The van der Waals surface area contributed by atoms with Gasteiger partial charge in [0.25, 0.3) is 23.6 Å². The predicted octanol–water partition coefficient (Wildman–Crippen LogP) is 15.9. The monoisotopic (exact) mass is 1800 g/mol. The Morgan fingerprint density at radius 2 is 0.915 bits per heavy atom. The summed E-state index contributed by atoms with van der Waals surface area (Å²) in [5.41, 5.74) is 29.1. The highest BCUT2D eigenvalue weighted by Gasteiger charge is 2.54. The minimum absolute atomic E-state index is 0.00703. The fraction of sp³-hybridized carbons (Fsp3) is 0.431. The maximum Gasteiger partial charge on any atom is 0.266 e. The normalized spacial score (nSPS) is 22.9. The molecule has 2 unspecified atom stereocenters. The molecular formula is C102H123Cl2N15O9S. The first-order valence-corrected chi connectivity index (χ1v) is 48.2. The summed E-state index contributed by atoms with van der Waals surface area (Å²) in [6.07, 6.45) is 22.7. The first-order valence-electron chi connectivity index (χ1n) is 45.8. The molecule has 8 aromatic rings. The van der Waals surface area contributed by atoms with Crippen molar-refractivity contribution < 1.29 is 41.9 Å². The number of hydrogen-bond donors (Lipinski definition) is 5. The largest absolute Gasteiger partial charge is 0.497 e. The second kappa shape index (κ2) is 41.7. The smallest absolute Gasteiger partial charge is 0.266 e. The van der Waals surface area contributed by atoms with E-state index in [1.54, 1.807) is 50.9 Å². The van der Waals surface area contributed by atoms with Crippen molar-refractivity contribution in [1.82, 2.24) is 34.1 Å². The van der Waals surface area contributed by atoms with Crippen molar-refractivity contribution in [3.8, 4) is 28.0 Å². The van der Waals surface area contributed by atoms with Gasteiger partial charge in [-0.1, -0.05) is 264 Å². The molecule has 6 heterocycles. The molecule has 6 amide bonds. The molecule has 680 valence electrons. The number of piperidine rings is 2. The topological polar surface area (TPSA) is 331 Å². The Morgan fingerprint density at radius 1 is 0.457 bits per heavy atom. The van der Waals surface area contributed by atoms with Crippen LogP contribution in [-0.4, -0.2) is 169 Å². The number of likely N-dealkylation sites (N-methyl/N-ethyl adjacent to an activating group) is 2. The van der Waals surface area contributed by atoms with E-state index in [1.165, 1.54) is 67.6 Å². The quantitative estimate of drug-likeness (QED) is 0.0395. The number of carbonyl (C=O) groups is 6. The molecule has 3 saturated carbocycles. The summed E-state index contributed by atoms with van der Waals surface area (Å²) >= 11 is 12.3. The number of hydrogen-bond acceptors (Lipinski definition) is 17. The molecule has 17 rings (SSSR count). The summed E-state index contributed by atoms with van der Waals surface area (Å²) < 4.78 is 33.9. The third kappa shape index (κ3) is 21.6. The van der Waals surface area contributed by atoms with E-state index in [9.17, 15) is 37.2 Å². The van der Waals surface area contributed by atoms with E-state index in [2.05, 4.69) is 19.6 Å². The molecule has 9 aliphatic rings. The Hall–Kier alpha value is -11.3. The highest BCUT2D eigenvalue weighted by molar-refractivity contribution is 7.88.